The van der Waals surface area contributed by atoms with Crippen molar-refractivity contribution in [1.29, 1.82) is 0 Å². The van der Waals surface area contributed by atoms with Crippen molar-refractivity contribution >= 4 is 23.5 Å². The van der Waals surface area contributed by atoms with Gasteiger partial charge in [-0.3, -0.25) is 25.0 Å². The third-order valence-corrected chi connectivity index (χ3v) is 3.15. The van der Waals surface area contributed by atoms with E-state index in [2.05, 4.69) is 10.5 Å². The van der Waals surface area contributed by atoms with Gasteiger partial charge in [-0.15, -0.1) is 0 Å². The fourth-order valence-corrected chi connectivity index (χ4v) is 1.86. The van der Waals surface area contributed by atoms with Crippen molar-refractivity contribution in [2.24, 2.45) is 5.10 Å². The van der Waals surface area contributed by atoms with Crippen LogP contribution >= 0.6 is 0 Å². The van der Waals surface area contributed by atoms with E-state index in [9.17, 15) is 25.0 Å². The largest absolute Gasteiger partial charge is 0.273 e. The summed E-state index contributed by atoms with van der Waals surface area (Å²) in [6.07, 6.45) is 1.31. The summed E-state index contributed by atoms with van der Waals surface area (Å²) < 4.78 is 0. The molecule has 1 N–H and O–H groups in total. The van der Waals surface area contributed by atoms with E-state index in [4.69, 9.17) is 0 Å². The monoisotopic (exact) mass is 328 g/mol. The number of nitro groups is 2. The molecular weight excluding hydrogens is 316 g/mol. The van der Waals surface area contributed by atoms with Gasteiger partial charge in [0, 0.05) is 29.3 Å². The average Bonchev–Trinajstić information content (AvgIpc) is 2.55. The number of hydrazone groups is 1. The molecule has 2 rings (SSSR count). The quantitative estimate of drug-likeness (QED) is 0.512. The number of aryl methyl sites for hydroxylation is 1. The maximum atomic E-state index is 11.9. The number of carbonyl (C=O) groups is 1. The molecule has 0 spiro atoms. The number of non-ortho nitro benzene ring substituents is 1. The van der Waals surface area contributed by atoms with Gasteiger partial charge in [-0.1, -0.05) is 6.07 Å². The Morgan fingerprint density at radius 1 is 1.08 bits per heavy atom. The third kappa shape index (κ3) is 3.97. The summed E-state index contributed by atoms with van der Waals surface area (Å²) in [6.45, 7) is 1.58. The molecule has 2 aromatic rings. The van der Waals surface area contributed by atoms with Crippen LogP contribution in [0.5, 0.6) is 0 Å². The van der Waals surface area contributed by atoms with E-state index < -0.39 is 15.8 Å². The Morgan fingerprint density at radius 3 is 2.33 bits per heavy atom. The minimum atomic E-state index is -0.601. The van der Waals surface area contributed by atoms with Crippen LogP contribution in [0.4, 0.5) is 11.4 Å². The van der Waals surface area contributed by atoms with Crippen molar-refractivity contribution in [1.82, 2.24) is 5.43 Å². The second-order valence-electron chi connectivity index (χ2n) is 4.81. The maximum absolute atomic E-state index is 11.9. The summed E-state index contributed by atoms with van der Waals surface area (Å²) in [5, 5.41) is 25.1. The van der Waals surface area contributed by atoms with Crippen LogP contribution in [0, 0.1) is 27.2 Å². The van der Waals surface area contributed by atoms with E-state index in [1.54, 1.807) is 6.92 Å². The molecular formula is C15H12N4O5. The summed E-state index contributed by atoms with van der Waals surface area (Å²) in [5.74, 6) is -0.601. The Bertz CT molecular complexity index is 830. The number of hydrogen-bond acceptors (Lipinski definition) is 6. The molecule has 0 aliphatic carbocycles. The third-order valence-electron chi connectivity index (χ3n) is 3.15. The smallest absolute Gasteiger partial charge is 0.267 e. The first-order valence-corrected chi connectivity index (χ1v) is 6.71. The van der Waals surface area contributed by atoms with Crippen LogP contribution in [0.15, 0.2) is 47.6 Å². The highest BCUT2D eigenvalue weighted by Crippen LogP contribution is 2.19. The summed E-state index contributed by atoms with van der Waals surface area (Å²) in [6, 6.07) is 9.69. The maximum Gasteiger partial charge on any atom is 0.273 e. The predicted molar refractivity (Wildman–Crippen MR) is 86.0 cm³/mol. The fraction of sp³-hybridized carbons (Fsp3) is 0.0667. The number of carbonyl (C=O) groups excluding carboxylic acids is 1. The summed E-state index contributed by atoms with van der Waals surface area (Å²) >= 11 is 0. The lowest BCUT2D eigenvalue weighted by Crippen LogP contribution is -2.17. The molecule has 0 atom stereocenters. The van der Waals surface area contributed by atoms with Gasteiger partial charge in [0.05, 0.1) is 16.1 Å². The number of rotatable bonds is 5. The average molecular weight is 328 g/mol. The van der Waals surface area contributed by atoms with E-state index >= 15 is 0 Å². The first-order valence-electron chi connectivity index (χ1n) is 6.71. The zero-order valence-corrected chi connectivity index (χ0v) is 12.5. The van der Waals surface area contributed by atoms with Gasteiger partial charge in [-0.05, 0) is 30.7 Å². The molecule has 0 saturated heterocycles. The van der Waals surface area contributed by atoms with Crippen LogP contribution in [0.25, 0.3) is 0 Å². The topological polar surface area (TPSA) is 128 Å². The summed E-state index contributed by atoms with van der Waals surface area (Å²) in [4.78, 5) is 32.2. The number of nitrogens with zero attached hydrogens (tertiary/aromatic N) is 3. The van der Waals surface area contributed by atoms with Gasteiger partial charge >= 0.3 is 0 Å². The minimum absolute atomic E-state index is 0.0526. The normalized spacial score (nSPS) is 10.5. The molecule has 0 heterocycles. The molecule has 9 nitrogen and oxygen atoms in total. The van der Waals surface area contributed by atoms with E-state index in [0.29, 0.717) is 11.1 Å². The van der Waals surface area contributed by atoms with Gasteiger partial charge in [-0.2, -0.15) is 5.10 Å². The van der Waals surface area contributed by atoms with Crippen molar-refractivity contribution in [3.63, 3.8) is 0 Å². The Hall–Kier alpha value is -3.62. The highest BCUT2D eigenvalue weighted by Gasteiger charge is 2.14. The summed E-state index contributed by atoms with van der Waals surface area (Å²) in [5.41, 5.74) is 3.15. The van der Waals surface area contributed by atoms with Gasteiger partial charge in [0.1, 0.15) is 0 Å². The molecule has 9 heteroatoms. The Kier molecular flexibility index (Phi) is 4.95. The number of benzene rings is 2. The number of nitro benzene ring substituents is 2. The molecule has 0 radical (unpaired) electrons. The van der Waals surface area contributed by atoms with Crippen molar-refractivity contribution in [2.45, 2.75) is 6.92 Å². The van der Waals surface area contributed by atoms with Crippen LogP contribution < -0.4 is 5.43 Å². The fourth-order valence-electron chi connectivity index (χ4n) is 1.86. The lowest BCUT2D eigenvalue weighted by molar-refractivity contribution is -0.385. The molecule has 0 bridgehead atoms. The SMILES string of the molecule is Cc1ccc(C(=O)N/N=C/c2ccc([N+](=O)[O-])cc2)cc1[N+](=O)[O-]. The number of hydrogen-bond donors (Lipinski definition) is 1. The molecule has 0 fully saturated rings. The standard InChI is InChI=1S/C15H12N4O5/c1-10-2-5-12(8-14(10)19(23)24)15(20)17-16-9-11-3-6-13(7-4-11)18(21)22/h2-9H,1H3,(H,17,20)/b16-9+. The zero-order valence-electron chi connectivity index (χ0n) is 12.5. The van der Waals surface area contributed by atoms with E-state index in [0.717, 1.165) is 0 Å². The first kappa shape index (κ1) is 16.7. The van der Waals surface area contributed by atoms with E-state index in [1.807, 2.05) is 0 Å². The van der Waals surface area contributed by atoms with Gasteiger partial charge in [0.25, 0.3) is 17.3 Å². The van der Waals surface area contributed by atoms with Crippen LogP contribution in [-0.2, 0) is 0 Å². The predicted octanol–water partition coefficient (Wildman–Crippen LogP) is 2.58. The molecule has 122 valence electrons. The van der Waals surface area contributed by atoms with Gasteiger partial charge < -0.3 is 0 Å². The molecule has 0 aromatic heterocycles. The Balaban J connectivity index is 2.06. The molecule has 24 heavy (non-hydrogen) atoms. The first-order chi connectivity index (χ1) is 11.4. The van der Waals surface area contributed by atoms with Crippen molar-refractivity contribution in [2.75, 3.05) is 0 Å². The van der Waals surface area contributed by atoms with Gasteiger partial charge in [0.15, 0.2) is 0 Å². The minimum Gasteiger partial charge on any atom is -0.267 e. The van der Waals surface area contributed by atoms with Gasteiger partial charge in [0.2, 0.25) is 0 Å². The Morgan fingerprint density at radius 2 is 1.75 bits per heavy atom. The zero-order chi connectivity index (χ0) is 17.7. The molecule has 1 amide bonds. The number of amides is 1. The van der Waals surface area contributed by atoms with Crippen molar-refractivity contribution < 1.29 is 14.6 Å². The van der Waals surface area contributed by atoms with E-state index in [-0.39, 0.29) is 16.9 Å². The molecule has 0 aliphatic rings. The highest BCUT2D eigenvalue weighted by molar-refractivity contribution is 5.95. The van der Waals surface area contributed by atoms with Crippen molar-refractivity contribution in [3.8, 4) is 0 Å². The van der Waals surface area contributed by atoms with Crippen molar-refractivity contribution in [3.05, 3.63) is 79.4 Å². The second kappa shape index (κ2) is 7.09. The highest BCUT2D eigenvalue weighted by atomic mass is 16.6. The lowest BCUT2D eigenvalue weighted by Gasteiger charge is -2.02. The molecule has 0 aliphatic heterocycles. The van der Waals surface area contributed by atoms with Crippen LogP contribution in [-0.4, -0.2) is 22.0 Å². The Labute approximate surface area is 135 Å². The van der Waals surface area contributed by atoms with E-state index in [1.165, 1.54) is 48.7 Å². The summed E-state index contributed by atoms with van der Waals surface area (Å²) in [7, 11) is 0. The van der Waals surface area contributed by atoms with Crippen LogP contribution in [0.2, 0.25) is 0 Å². The van der Waals surface area contributed by atoms with Crippen LogP contribution in [0.3, 0.4) is 0 Å². The lowest BCUT2D eigenvalue weighted by atomic mass is 10.1. The molecule has 2 aromatic carbocycles. The second-order valence-corrected chi connectivity index (χ2v) is 4.81. The number of nitrogens with one attached hydrogen (secondary N) is 1. The molecule has 0 unspecified atom stereocenters. The molecule has 0 saturated carbocycles. The van der Waals surface area contributed by atoms with Crippen LogP contribution in [0.1, 0.15) is 21.5 Å². The van der Waals surface area contributed by atoms with Gasteiger partial charge in [-0.25, -0.2) is 5.43 Å².